The van der Waals surface area contributed by atoms with E-state index in [0.717, 1.165) is 14.7 Å². The second-order valence-electron chi connectivity index (χ2n) is 5.67. The lowest BCUT2D eigenvalue weighted by atomic mass is 10.0. The van der Waals surface area contributed by atoms with Crippen molar-refractivity contribution in [3.8, 4) is 0 Å². The van der Waals surface area contributed by atoms with Crippen LogP contribution in [0.1, 0.15) is 36.5 Å². The number of aliphatic imine (C=N–C) groups is 1. The molecule has 0 unspecified atom stereocenters. The summed E-state index contributed by atoms with van der Waals surface area (Å²) >= 11 is 2.22. The largest absolute Gasteiger partial charge is 0.402 e. The Balaban J connectivity index is 1.88. The molecule has 0 amide bonds. The first kappa shape index (κ1) is 15.9. The molecule has 0 aliphatic carbocycles. The topological polar surface area (TPSA) is 38.7 Å². The SMILES string of the molecule is CC(C)c1ccc(/C=C2\N=C(c3cccc(I)c3)OC2=O)cc1. The van der Waals surface area contributed by atoms with Gasteiger partial charge in [-0.25, -0.2) is 9.79 Å². The quantitative estimate of drug-likeness (QED) is 0.411. The molecule has 1 aliphatic rings. The van der Waals surface area contributed by atoms with Crippen molar-refractivity contribution in [2.45, 2.75) is 19.8 Å². The molecule has 1 aliphatic heterocycles. The molecule has 1 heterocycles. The summed E-state index contributed by atoms with van der Waals surface area (Å²) in [5.74, 6) is 0.434. The van der Waals surface area contributed by atoms with Crippen LogP contribution in [0, 0.1) is 3.57 Å². The molecule has 116 valence electrons. The van der Waals surface area contributed by atoms with Gasteiger partial charge in [0, 0.05) is 9.13 Å². The van der Waals surface area contributed by atoms with E-state index in [1.54, 1.807) is 6.08 Å². The number of carbonyl (C=O) groups excluding carboxylic acids is 1. The van der Waals surface area contributed by atoms with Crippen molar-refractivity contribution in [1.29, 1.82) is 0 Å². The standard InChI is InChI=1S/C19H16INO2/c1-12(2)14-8-6-13(7-9-14)10-17-19(22)23-18(21-17)15-4-3-5-16(20)11-15/h3-12H,1-2H3/b17-10-. The van der Waals surface area contributed by atoms with Gasteiger partial charge in [-0.2, -0.15) is 0 Å². The molecule has 2 aromatic carbocycles. The second kappa shape index (κ2) is 6.66. The van der Waals surface area contributed by atoms with Crippen molar-refractivity contribution in [1.82, 2.24) is 0 Å². The van der Waals surface area contributed by atoms with E-state index in [1.807, 2.05) is 36.4 Å². The lowest BCUT2D eigenvalue weighted by molar-refractivity contribution is -0.129. The number of benzene rings is 2. The molecule has 0 saturated heterocycles. The van der Waals surface area contributed by atoms with E-state index in [0.29, 0.717) is 17.5 Å². The zero-order valence-electron chi connectivity index (χ0n) is 12.9. The number of rotatable bonds is 3. The first-order valence-corrected chi connectivity index (χ1v) is 8.49. The van der Waals surface area contributed by atoms with Crippen LogP contribution in [0.25, 0.3) is 6.08 Å². The van der Waals surface area contributed by atoms with Crippen molar-refractivity contribution in [3.05, 3.63) is 74.5 Å². The molecular formula is C19H16INO2. The molecule has 4 heteroatoms. The minimum atomic E-state index is -0.410. The minimum Gasteiger partial charge on any atom is -0.402 e. The molecule has 2 aromatic rings. The van der Waals surface area contributed by atoms with E-state index >= 15 is 0 Å². The van der Waals surface area contributed by atoms with Crippen molar-refractivity contribution in [3.63, 3.8) is 0 Å². The third kappa shape index (κ3) is 3.69. The van der Waals surface area contributed by atoms with Gasteiger partial charge < -0.3 is 4.74 Å². The molecule has 0 fully saturated rings. The van der Waals surface area contributed by atoms with E-state index in [4.69, 9.17) is 4.74 Å². The van der Waals surface area contributed by atoms with Crippen LogP contribution in [-0.4, -0.2) is 11.9 Å². The summed E-state index contributed by atoms with van der Waals surface area (Å²) in [6.45, 7) is 4.30. The zero-order chi connectivity index (χ0) is 16.4. The Hall–Kier alpha value is -1.95. The minimum absolute atomic E-state index is 0.330. The van der Waals surface area contributed by atoms with Gasteiger partial charge in [-0.3, -0.25) is 0 Å². The summed E-state index contributed by atoms with van der Waals surface area (Å²) in [5.41, 5.74) is 3.35. The highest BCUT2D eigenvalue weighted by Gasteiger charge is 2.24. The molecule has 0 N–H and O–H groups in total. The van der Waals surface area contributed by atoms with Gasteiger partial charge >= 0.3 is 5.97 Å². The van der Waals surface area contributed by atoms with Crippen LogP contribution in [-0.2, 0) is 9.53 Å². The highest BCUT2D eigenvalue weighted by Crippen LogP contribution is 2.21. The lowest BCUT2D eigenvalue weighted by Crippen LogP contribution is -2.05. The Morgan fingerprint density at radius 3 is 2.52 bits per heavy atom. The van der Waals surface area contributed by atoms with Crippen molar-refractivity contribution in [2.75, 3.05) is 0 Å². The molecule has 3 nitrogen and oxygen atoms in total. The molecule has 0 radical (unpaired) electrons. The van der Waals surface area contributed by atoms with Gasteiger partial charge in [0.05, 0.1) is 0 Å². The molecule has 0 saturated carbocycles. The van der Waals surface area contributed by atoms with Gasteiger partial charge in [-0.05, 0) is 63.9 Å². The molecule has 23 heavy (non-hydrogen) atoms. The van der Waals surface area contributed by atoms with Gasteiger partial charge in [-0.1, -0.05) is 44.2 Å². The first-order valence-electron chi connectivity index (χ1n) is 7.41. The highest BCUT2D eigenvalue weighted by atomic mass is 127. The number of ether oxygens (including phenoxy) is 1. The lowest BCUT2D eigenvalue weighted by Gasteiger charge is -2.04. The summed E-state index contributed by atoms with van der Waals surface area (Å²) in [6, 6.07) is 15.8. The van der Waals surface area contributed by atoms with Gasteiger partial charge in [-0.15, -0.1) is 0 Å². The molecule has 0 atom stereocenters. The molecule has 0 aromatic heterocycles. The van der Waals surface area contributed by atoms with E-state index in [1.165, 1.54) is 5.56 Å². The Morgan fingerprint density at radius 2 is 1.87 bits per heavy atom. The normalized spacial score (nSPS) is 15.9. The number of hydrogen-bond donors (Lipinski definition) is 0. The van der Waals surface area contributed by atoms with Crippen molar-refractivity contribution >= 4 is 40.5 Å². The summed E-state index contributed by atoms with van der Waals surface area (Å²) in [5, 5.41) is 0. The molecule has 0 bridgehead atoms. The third-order valence-electron chi connectivity index (χ3n) is 3.60. The summed E-state index contributed by atoms with van der Waals surface area (Å²) in [4.78, 5) is 16.4. The Labute approximate surface area is 149 Å². The predicted octanol–water partition coefficient (Wildman–Crippen LogP) is 4.76. The van der Waals surface area contributed by atoms with Crippen LogP contribution in [0.3, 0.4) is 0 Å². The van der Waals surface area contributed by atoms with Crippen molar-refractivity contribution in [2.24, 2.45) is 4.99 Å². The maximum absolute atomic E-state index is 12.0. The maximum atomic E-state index is 12.0. The summed E-state index contributed by atoms with van der Waals surface area (Å²) in [6.07, 6.45) is 1.76. The summed E-state index contributed by atoms with van der Waals surface area (Å²) < 4.78 is 6.36. The van der Waals surface area contributed by atoms with Crippen LogP contribution in [0.15, 0.2) is 59.2 Å². The average Bonchev–Trinajstić information content (AvgIpc) is 2.89. The van der Waals surface area contributed by atoms with Gasteiger partial charge in [0.15, 0.2) is 5.70 Å². The Morgan fingerprint density at radius 1 is 1.13 bits per heavy atom. The maximum Gasteiger partial charge on any atom is 0.363 e. The van der Waals surface area contributed by atoms with Crippen LogP contribution in [0.5, 0.6) is 0 Å². The fraction of sp³-hybridized carbons (Fsp3) is 0.158. The van der Waals surface area contributed by atoms with Crippen LogP contribution in [0.4, 0.5) is 0 Å². The average molecular weight is 417 g/mol. The second-order valence-corrected chi connectivity index (χ2v) is 6.91. The van der Waals surface area contributed by atoms with E-state index in [-0.39, 0.29) is 0 Å². The predicted molar refractivity (Wildman–Crippen MR) is 100 cm³/mol. The molecule has 3 rings (SSSR count). The fourth-order valence-corrected chi connectivity index (χ4v) is 2.83. The Kier molecular flexibility index (Phi) is 4.61. The molecular weight excluding hydrogens is 401 g/mol. The monoisotopic (exact) mass is 417 g/mol. The highest BCUT2D eigenvalue weighted by molar-refractivity contribution is 14.1. The van der Waals surface area contributed by atoms with Crippen LogP contribution in [0.2, 0.25) is 0 Å². The smallest absolute Gasteiger partial charge is 0.363 e. The summed E-state index contributed by atoms with van der Waals surface area (Å²) in [7, 11) is 0. The first-order chi connectivity index (χ1) is 11.0. The zero-order valence-corrected chi connectivity index (χ0v) is 15.1. The van der Waals surface area contributed by atoms with Gasteiger partial charge in [0.2, 0.25) is 5.90 Å². The number of carbonyl (C=O) groups is 1. The van der Waals surface area contributed by atoms with Crippen LogP contribution >= 0.6 is 22.6 Å². The number of hydrogen-bond acceptors (Lipinski definition) is 3. The van der Waals surface area contributed by atoms with E-state index in [9.17, 15) is 4.79 Å². The number of esters is 1. The van der Waals surface area contributed by atoms with Crippen LogP contribution < -0.4 is 0 Å². The van der Waals surface area contributed by atoms with E-state index in [2.05, 4.69) is 53.6 Å². The van der Waals surface area contributed by atoms with Gasteiger partial charge in [0.1, 0.15) is 0 Å². The van der Waals surface area contributed by atoms with E-state index < -0.39 is 5.97 Å². The van der Waals surface area contributed by atoms with Crippen molar-refractivity contribution < 1.29 is 9.53 Å². The number of cyclic esters (lactones) is 1. The number of nitrogens with zero attached hydrogens (tertiary/aromatic N) is 1. The Bertz CT molecular complexity index is 804. The number of halogens is 1. The molecule has 0 spiro atoms. The third-order valence-corrected chi connectivity index (χ3v) is 4.27. The fourth-order valence-electron chi connectivity index (χ4n) is 2.29. The van der Waals surface area contributed by atoms with Gasteiger partial charge in [0.25, 0.3) is 0 Å².